The van der Waals surface area contributed by atoms with Crippen molar-refractivity contribution in [3.05, 3.63) is 69.3 Å². The third kappa shape index (κ3) is 5.01. The Hall–Kier alpha value is -2.85. The average Bonchev–Trinajstić information content (AvgIpc) is 2.84. The van der Waals surface area contributed by atoms with Crippen LogP contribution < -0.4 is 10.2 Å². The van der Waals surface area contributed by atoms with E-state index in [9.17, 15) is 9.59 Å². The Kier molecular flexibility index (Phi) is 7.07. The second-order valence-electron chi connectivity index (χ2n) is 8.90. The van der Waals surface area contributed by atoms with Gasteiger partial charge in [0.2, 0.25) is 11.9 Å². The molecule has 3 aromatic rings. The van der Waals surface area contributed by atoms with Crippen LogP contribution in [-0.2, 0) is 17.8 Å². The summed E-state index contributed by atoms with van der Waals surface area (Å²) in [6.07, 6.45) is 2.32. The second-order valence-corrected chi connectivity index (χ2v) is 10.6. The second kappa shape index (κ2) is 10.3. The van der Waals surface area contributed by atoms with E-state index in [1.807, 2.05) is 36.0 Å². The van der Waals surface area contributed by atoms with Crippen molar-refractivity contribution in [2.45, 2.75) is 18.0 Å². The number of carbonyl (C=O) groups is 2. The number of nitrogens with one attached hydrogen (secondary N) is 1. The number of hydrogen-bond donors (Lipinski definition) is 1. The van der Waals surface area contributed by atoms with Crippen molar-refractivity contribution in [2.24, 2.45) is 0 Å². The minimum Gasteiger partial charge on any atom is -0.337 e. The number of fused-ring (bicyclic) bond motifs is 2. The Bertz CT molecular complexity index is 1330. The van der Waals surface area contributed by atoms with E-state index in [-0.39, 0.29) is 11.8 Å². The molecule has 2 aromatic carbocycles. The molecule has 0 unspecified atom stereocenters. The SMILES string of the molecule is CN(C)CC(=O)N1CCc2cc(Nc3ncc4c(n3)SCN(c3c(Cl)cccc3Cl)C4=O)ccc2C1. The topological polar surface area (TPSA) is 81.7 Å². The first-order valence-electron chi connectivity index (χ1n) is 11.4. The molecule has 0 fully saturated rings. The zero-order valence-electron chi connectivity index (χ0n) is 19.8. The summed E-state index contributed by atoms with van der Waals surface area (Å²) in [5.74, 6) is 0.648. The number of likely N-dealkylation sites (N-methyl/N-ethyl adjacent to an activating group) is 1. The van der Waals surface area contributed by atoms with Crippen molar-refractivity contribution in [1.29, 1.82) is 0 Å². The van der Waals surface area contributed by atoms with Gasteiger partial charge in [0.15, 0.2) is 0 Å². The molecule has 36 heavy (non-hydrogen) atoms. The fourth-order valence-corrected chi connectivity index (χ4v) is 5.81. The van der Waals surface area contributed by atoms with Crippen LogP contribution in [0.5, 0.6) is 0 Å². The fourth-order valence-electron chi connectivity index (χ4n) is 4.27. The molecule has 1 aromatic heterocycles. The largest absolute Gasteiger partial charge is 0.337 e. The van der Waals surface area contributed by atoms with Gasteiger partial charge in [0.1, 0.15) is 5.03 Å². The first-order chi connectivity index (χ1) is 17.3. The highest BCUT2D eigenvalue weighted by molar-refractivity contribution is 7.99. The van der Waals surface area contributed by atoms with E-state index in [1.54, 1.807) is 23.1 Å². The first kappa shape index (κ1) is 24.8. The van der Waals surface area contributed by atoms with Crippen LogP contribution in [0.1, 0.15) is 21.5 Å². The number of rotatable bonds is 5. The van der Waals surface area contributed by atoms with Crippen molar-refractivity contribution < 1.29 is 9.59 Å². The molecule has 0 bridgehead atoms. The Morgan fingerprint density at radius 3 is 2.69 bits per heavy atom. The summed E-state index contributed by atoms with van der Waals surface area (Å²) in [5.41, 5.74) is 4.09. The van der Waals surface area contributed by atoms with Crippen molar-refractivity contribution in [3.63, 3.8) is 0 Å². The Labute approximate surface area is 223 Å². The Balaban J connectivity index is 1.30. The van der Waals surface area contributed by atoms with Crippen LogP contribution in [0.3, 0.4) is 0 Å². The summed E-state index contributed by atoms with van der Waals surface area (Å²) in [6.45, 7) is 1.72. The van der Waals surface area contributed by atoms with Gasteiger partial charge < -0.3 is 15.1 Å². The molecule has 11 heteroatoms. The molecule has 3 heterocycles. The van der Waals surface area contributed by atoms with Gasteiger partial charge in [-0.2, -0.15) is 0 Å². The number of aromatic nitrogens is 2. The summed E-state index contributed by atoms with van der Waals surface area (Å²) in [4.78, 5) is 39.9. The highest BCUT2D eigenvalue weighted by Crippen LogP contribution is 2.39. The lowest BCUT2D eigenvalue weighted by molar-refractivity contribution is -0.132. The summed E-state index contributed by atoms with van der Waals surface area (Å²) in [5, 5.41) is 4.68. The van der Waals surface area contributed by atoms with E-state index < -0.39 is 0 Å². The molecule has 8 nitrogen and oxygen atoms in total. The summed E-state index contributed by atoms with van der Waals surface area (Å²) >= 11 is 14.1. The molecule has 2 aliphatic heterocycles. The fraction of sp³-hybridized carbons (Fsp3) is 0.280. The van der Waals surface area contributed by atoms with E-state index in [1.165, 1.54) is 23.5 Å². The van der Waals surface area contributed by atoms with Gasteiger partial charge >= 0.3 is 0 Å². The van der Waals surface area contributed by atoms with Crippen LogP contribution in [0.2, 0.25) is 10.0 Å². The van der Waals surface area contributed by atoms with E-state index in [0.29, 0.717) is 57.8 Å². The number of anilines is 3. The van der Waals surface area contributed by atoms with Gasteiger partial charge in [-0.25, -0.2) is 9.97 Å². The molecule has 1 N–H and O–H groups in total. The van der Waals surface area contributed by atoms with Crippen LogP contribution in [0.15, 0.2) is 47.6 Å². The monoisotopic (exact) mass is 542 g/mol. The summed E-state index contributed by atoms with van der Waals surface area (Å²) < 4.78 is 0. The molecular formula is C25H24Cl2N6O2S. The maximum atomic E-state index is 13.1. The molecular weight excluding hydrogens is 519 g/mol. The first-order valence-corrected chi connectivity index (χ1v) is 13.1. The molecule has 2 amide bonds. The minimum absolute atomic E-state index is 0.137. The molecule has 0 atom stereocenters. The van der Waals surface area contributed by atoms with E-state index in [2.05, 4.69) is 21.4 Å². The normalized spacial score (nSPS) is 15.1. The number of hydrogen-bond acceptors (Lipinski definition) is 7. The average molecular weight is 543 g/mol. The van der Waals surface area contributed by atoms with E-state index in [0.717, 1.165) is 17.7 Å². The van der Waals surface area contributed by atoms with Crippen molar-refractivity contribution in [3.8, 4) is 0 Å². The molecule has 186 valence electrons. The molecule has 0 saturated heterocycles. The maximum Gasteiger partial charge on any atom is 0.263 e. The zero-order chi connectivity index (χ0) is 25.4. The number of thioether (sulfide) groups is 1. The van der Waals surface area contributed by atoms with Crippen LogP contribution in [0.4, 0.5) is 17.3 Å². The van der Waals surface area contributed by atoms with Gasteiger partial charge in [-0.15, -0.1) is 0 Å². The summed E-state index contributed by atoms with van der Waals surface area (Å²) in [7, 11) is 3.80. The Morgan fingerprint density at radius 2 is 1.94 bits per heavy atom. The molecule has 5 rings (SSSR count). The van der Waals surface area contributed by atoms with E-state index >= 15 is 0 Å². The predicted octanol–water partition coefficient (Wildman–Crippen LogP) is 4.68. The van der Waals surface area contributed by atoms with Crippen LogP contribution in [0.25, 0.3) is 0 Å². The lowest BCUT2D eigenvalue weighted by Gasteiger charge is -2.30. The number of nitrogens with zero attached hydrogens (tertiary/aromatic N) is 5. The molecule has 2 aliphatic rings. The number of amides is 2. The van der Waals surface area contributed by atoms with Gasteiger partial charge in [0, 0.05) is 25.0 Å². The number of benzene rings is 2. The van der Waals surface area contributed by atoms with Crippen molar-refractivity contribution in [1.82, 2.24) is 19.8 Å². The third-order valence-electron chi connectivity index (χ3n) is 6.05. The quantitative estimate of drug-likeness (QED) is 0.468. The van der Waals surface area contributed by atoms with Crippen LogP contribution >= 0.6 is 35.0 Å². The number of carbonyl (C=O) groups excluding carboxylic acids is 2. The Morgan fingerprint density at radius 1 is 1.17 bits per heavy atom. The molecule has 0 saturated carbocycles. The van der Waals surface area contributed by atoms with Crippen molar-refractivity contribution in [2.75, 3.05) is 43.3 Å². The van der Waals surface area contributed by atoms with Gasteiger partial charge in [-0.3, -0.25) is 14.5 Å². The lowest BCUT2D eigenvalue weighted by Crippen LogP contribution is -2.40. The minimum atomic E-state index is -0.243. The summed E-state index contributed by atoms with van der Waals surface area (Å²) in [6, 6.07) is 11.2. The third-order valence-corrected chi connectivity index (χ3v) is 7.63. The maximum absolute atomic E-state index is 13.1. The molecule has 0 radical (unpaired) electrons. The lowest BCUT2D eigenvalue weighted by atomic mass is 9.99. The van der Waals surface area contributed by atoms with Gasteiger partial charge in [0.25, 0.3) is 5.91 Å². The smallest absolute Gasteiger partial charge is 0.263 e. The van der Waals surface area contributed by atoms with Gasteiger partial charge in [0.05, 0.1) is 33.7 Å². The molecule has 0 aliphatic carbocycles. The van der Waals surface area contributed by atoms with Crippen LogP contribution in [0, 0.1) is 0 Å². The number of halogens is 2. The molecule has 0 spiro atoms. The van der Waals surface area contributed by atoms with Gasteiger partial charge in [-0.05, 0) is 55.9 Å². The standard InChI is InChI=1S/C25H24Cl2N6O2S/c1-31(2)13-21(34)32-9-8-15-10-17(7-6-16(15)12-32)29-25-28-11-18-23(30-25)36-14-33(24(18)35)22-19(26)4-3-5-20(22)27/h3-7,10-11H,8-9,12-14H2,1-2H3,(H,28,29,30). The van der Waals surface area contributed by atoms with Gasteiger partial charge in [-0.1, -0.05) is 47.1 Å². The highest BCUT2D eigenvalue weighted by Gasteiger charge is 2.30. The van der Waals surface area contributed by atoms with E-state index in [4.69, 9.17) is 23.2 Å². The predicted molar refractivity (Wildman–Crippen MR) is 143 cm³/mol. The highest BCUT2D eigenvalue weighted by atomic mass is 35.5. The van der Waals surface area contributed by atoms with Crippen LogP contribution in [-0.4, -0.2) is 64.6 Å². The zero-order valence-corrected chi connectivity index (χ0v) is 22.1. The van der Waals surface area contributed by atoms with Crippen molar-refractivity contribution >= 4 is 64.1 Å². The number of para-hydroxylation sites is 1.